The molecule has 464 valence electrons. The van der Waals surface area contributed by atoms with E-state index in [4.69, 9.17) is 13.8 Å². The Hall–Kier alpha value is -2.03. The number of phosphoric acid groups is 1. The molecule has 0 radical (unpaired) electrons. The third-order valence-electron chi connectivity index (χ3n) is 15.2. The summed E-state index contributed by atoms with van der Waals surface area (Å²) in [6, 6.07) is -0.917. The smallest absolute Gasteiger partial charge is 0.306 e. The average Bonchev–Trinajstić information content (AvgIpc) is 3.41. The number of nitrogens with zero attached hydrogens (tertiary/aromatic N) is 1. The summed E-state index contributed by atoms with van der Waals surface area (Å²) in [5.74, 6) is -0.606. The molecule has 1 N–H and O–H groups in total. The summed E-state index contributed by atoms with van der Waals surface area (Å²) in [6.07, 6.45) is 74.0. The van der Waals surface area contributed by atoms with Crippen molar-refractivity contribution in [2.75, 3.05) is 40.9 Å². The number of carbonyl (C=O) groups excluding carboxylic acids is 2. The molecule has 0 rings (SSSR count). The first-order valence-corrected chi connectivity index (χ1v) is 35.4. The summed E-state index contributed by atoms with van der Waals surface area (Å²) in [7, 11) is 1.16. The summed E-state index contributed by atoms with van der Waals surface area (Å²) < 4.78 is 30.3. The normalized spacial score (nSPS) is 13.9. The number of ether oxygens (including phenoxy) is 1. The van der Waals surface area contributed by atoms with E-state index in [1.807, 2.05) is 39.4 Å². The van der Waals surface area contributed by atoms with Gasteiger partial charge in [-0.05, 0) is 76.7 Å². The fourth-order valence-corrected chi connectivity index (χ4v) is 10.7. The van der Waals surface area contributed by atoms with Crippen LogP contribution in [0.2, 0.25) is 0 Å². The number of quaternary nitrogens is 1. The number of allylic oxidation sites excluding steroid dienone is 7. The number of phosphoric ester groups is 1. The minimum absolute atomic E-state index is 0.0301. The Balaban J connectivity index is 5.04. The SMILES string of the molecule is CCCCCCCC/C=C\C/C=C/CCC(=O)NC(COP(=O)([O-])OCC[N+](C)(C)C)C(/C=C\CCCCCCCCCCCCC)OC(=O)CCCCCCCCCCCCCCCCCCC/C=C/CCCCCCCC. The highest BCUT2D eigenvalue weighted by Gasteiger charge is 2.27. The van der Waals surface area contributed by atoms with Crippen molar-refractivity contribution in [2.24, 2.45) is 0 Å². The largest absolute Gasteiger partial charge is 0.756 e. The zero-order valence-corrected chi connectivity index (χ0v) is 54.0. The molecule has 0 saturated heterocycles. The maximum Gasteiger partial charge on any atom is 0.306 e. The molecule has 3 unspecified atom stereocenters. The summed E-state index contributed by atoms with van der Waals surface area (Å²) in [5, 5.41) is 2.99. The fourth-order valence-electron chi connectivity index (χ4n) is 9.98. The molecule has 0 aliphatic carbocycles. The van der Waals surface area contributed by atoms with Gasteiger partial charge in [0.2, 0.25) is 5.91 Å². The Kier molecular flexibility index (Phi) is 57.6. The van der Waals surface area contributed by atoms with E-state index in [2.05, 4.69) is 56.5 Å². The van der Waals surface area contributed by atoms with Crippen LogP contribution in [0.15, 0.2) is 48.6 Å². The van der Waals surface area contributed by atoms with Crippen LogP contribution >= 0.6 is 7.82 Å². The Morgan fingerprint density at radius 3 is 1.18 bits per heavy atom. The van der Waals surface area contributed by atoms with E-state index in [1.165, 1.54) is 238 Å². The van der Waals surface area contributed by atoms with Gasteiger partial charge in [0.1, 0.15) is 19.3 Å². The van der Waals surface area contributed by atoms with Crippen LogP contribution in [0, 0.1) is 0 Å². The molecule has 10 heteroatoms. The molecule has 0 bridgehead atoms. The number of nitrogens with one attached hydrogen (secondary N) is 1. The van der Waals surface area contributed by atoms with Gasteiger partial charge in [-0.15, -0.1) is 0 Å². The fraction of sp³-hybridized carbons (Fsp3) is 0.855. The van der Waals surface area contributed by atoms with Crippen LogP contribution in [0.1, 0.15) is 329 Å². The van der Waals surface area contributed by atoms with E-state index in [9.17, 15) is 19.0 Å². The number of hydrogen-bond acceptors (Lipinski definition) is 7. The van der Waals surface area contributed by atoms with Crippen molar-refractivity contribution in [1.82, 2.24) is 5.32 Å². The Morgan fingerprint density at radius 1 is 0.443 bits per heavy atom. The van der Waals surface area contributed by atoms with Crippen molar-refractivity contribution < 1.29 is 37.3 Å². The first kappa shape index (κ1) is 77.0. The molecule has 0 spiro atoms. The van der Waals surface area contributed by atoms with Gasteiger partial charge in [0, 0.05) is 12.8 Å². The van der Waals surface area contributed by atoms with Gasteiger partial charge in [-0.3, -0.25) is 14.2 Å². The standard InChI is InChI=1S/C69H131N2O7P/c1-7-10-13-16-19-22-25-28-29-30-31-32-33-34-35-36-37-38-39-40-41-44-47-50-53-56-59-62-69(73)78-67(60-57-54-51-48-45-42-26-23-20-17-14-11-8-2)66(65-77-79(74,75)76-64-63-71(4,5)6)70-68(72)61-58-55-52-49-46-43-27-24-21-18-15-12-9-3/h28-29,43,46,52,55,57,60,66-67H,7-27,30-42,44-45,47-51,53-54,56,58-59,61-65H2,1-6H3,(H-,70,72,74,75)/b29-28+,46-43-,55-52+,60-57-. The Morgan fingerprint density at radius 2 is 0.785 bits per heavy atom. The average molecular weight is 1130 g/mol. The lowest BCUT2D eigenvalue weighted by Crippen LogP contribution is -2.47. The predicted octanol–water partition coefficient (Wildman–Crippen LogP) is 20.6. The van der Waals surface area contributed by atoms with Crippen LogP contribution < -0.4 is 10.2 Å². The maximum absolute atomic E-state index is 13.5. The zero-order chi connectivity index (χ0) is 57.9. The second kappa shape index (κ2) is 59.1. The van der Waals surface area contributed by atoms with Crippen molar-refractivity contribution in [3.63, 3.8) is 0 Å². The van der Waals surface area contributed by atoms with E-state index in [-0.39, 0.29) is 31.3 Å². The van der Waals surface area contributed by atoms with E-state index in [1.54, 1.807) is 0 Å². The minimum atomic E-state index is -4.71. The number of esters is 1. The third-order valence-corrected chi connectivity index (χ3v) is 16.2. The van der Waals surface area contributed by atoms with Crippen LogP contribution in [0.3, 0.4) is 0 Å². The van der Waals surface area contributed by atoms with Crippen LogP contribution in [0.5, 0.6) is 0 Å². The Bertz CT molecular complexity index is 1490. The number of hydrogen-bond donors (Lipinski definition) is 1. The van der Waals surface area contributed by atoms with E-state index in [0.29, 0.717) is 17.4 Å². The molecule has 0 aliphatic rings. The van der Waals surface area contributed by atoms with Gasteiger partial charge in [-0.25, -0.2) is 0 Å². The molecule has 0 aliphatic heterocycles. The van der Waals surface area contributed by atoms with Crippen molar-refractivity contribution in [2.45, 2.75) is 341 Å². The quantitative estimate of drug-likeness (QED) is 0.0212. The second-order valence-electron chi connectivity index (χ2n) is 24.3. The topological polar surface area (TPSA) is 114 Å². The molecule has 0 heterocycles. The summed E-state index contributed by atoms with van der Waals surface area (Å²) >= 11 is 0. The molecule has 0 fully saturated rings. The van der Waals surface area contributed by atoms with Crippen molar-refractivity contribution in [1.29, 1.82) is 0 Å². The molecule has 1 amide bonds. The van der Waals surface area contributed by atoms with E-state index >= 15 is 0 Å². The molecule has 0 aromatic heterocycles. The van der Waals surface area contributed by atoms with Gasteiger partial charge in [-0.1, -0.05) is 288 Å². The number of amides is 1. The molecule has 3 atom stereocenters. The van der Waals surface area contributed by atoms with Crippen molar-refractivity contribution >= 4 is 19.7 Å². The molecule has 9 nitrogen and oxygen atoms in total. The number of likely N-dealkylation sites (N-methyl/N-ethyl adjacent to an activating group) is 1. The van der Waals surface area contributed by atoms with Gasteiger partial charge >= 0.3 is 5.97 Å². The predicted molar refractivity (Wildman–Crippen MR) is 339 cm³/mol. The highest BCUT2D eigenvalue weighted by atomic mass is 31.2. The molecule has 0 aromatic carbocycles. The van der Waals surface area contributed by atoms with Crippen LogP contribution in [-0.2, 0) is 27.9 Å². The van der Waals surface area contributed by atoms with E-state index < -0.39 is 26.6 Å². The maximum atomic E-state index is 13.5. The van der Waals surface area contributed by atoms with Gasteiger partial charge in [0.25, 0.3) is 7.82 Å². The first-order chi connectivity index (χ1) is 38.4. The summed E-state index contributed by atoms with van der Waals surface area (Å²) in [6.45, 7) is 6.82. The lowest BCUT2D eigenvalue weighted by Gasteiger charge is -2.30. The lowest BCUT2D eigenvalue weighted by molar-refractivity contribution is -0.870. The third kappa shape index (κ3) is 60.4. The van der Waals surface area contributed by atoms with Crippen molar-refractivity contribution in [3.8, 4) is 0 Å². The summed E-state index contributed by atoms with van der Waals surface area (Å²) in [5.41, 5.74) is 0. The number of unbranched alkanes of at least 4 members (excludes halogenated alkanes) is 40. The van der Waals surface area contributed by atoms with Gasteiger partial charge < -0.3 is 28.5 Å². The minimum Gasteiger partial charge on any atom is -0.756 e. The summed E-state index contributed by atoms with van der Waals surface area (Å²) in [4.78, 5) is 40.0. The van der Waals surface area contributed by atoms with Crippen molar-refractivity contribution in [3.05, 3.63) is 48.6 Å². The number of carbonyl (C=O) groups is 2. The van der Waals surface area contributed by atoms with Crippen LogP contribution in [-0.4, -0.2) is 69.4 Å². The van der Waals surface area contributed by atoms with Gasteiger partial charge in [0.15, 0.2) is 0 Å². The highest BCUT2D eigenvalue weighted by molar-refractivity contribution is 7.45. The molecule has 0 saturated carbocycles. The van der Waals surface area contributed by atoms with Gasteiger partial charge in [0.05, 0.1) is 33.8 Å². The monoisotopic (exact) mass is 1130 g/mol. The van der Waals surface area contributed by atoms with Crippen LogP contribution in [0.25, 0.3) is 0 Å². The first-order valence-electron chi connectivity index (χ1n) is 33.9. The van der Waals surface area contributed by atoms with Crippen LogP contribution in [0.4, 0.5) is 0 Å². The van der Waals surface area contributed by atoms with E-state index in [0.717, 1.165) is 51.4 Å². The Labute approximate surface area is 490 Å². The molecular formula is C69H131N2O7P. The molecule has 79 heavy (non-hydrogen) atoms. The molecular weight excluding hydrogens is 1000 g/mol. The number of rotatable bonds is 62. The molecule has 0 aromatic rings. The zero-order valence-electron chi connectivity index (χ0n) is 53.1. The second-order valence-corrected chi connectivity index (χ2v) is 25.7. The highest BCUT2D eigenvalue weighted by Crippen LogP contribution is 2.38. The lowest BCUT2D eigenvalue weighted by atomic mass is 10.0. The van der Waals surface area contributed by atoms with Gasteiger partial charge in [-0.2, -0.15) is 0 Å².